The van der Waals surface area contributed by atoms with Crippen LogP contribution in [-0.2, 0) is 38.5 Å². The van der Waals surface area contributed by atoms with Gasteiger partial charge in [-0.15, -0.1) is 5.10 Å². The maximum absolute atomic E-state index is 13.6. The summed E-state index contributed by atoms with van der Waals surface area (Å²) in [6.07, 6.45) is -0.0716. The van der Waals surface area contributed by atoms with Crippen LogP contribution < -0.4 is 19.7 Å². The van der Waals surface area contributed by atoms with E-state index in [1.807, 2.05) is 78.9 Å². The molecule has 4 atom stereocenters. The van der Waals surface area contributed by atoms with E-state index in [0.29, 0.717) is 16.9 Å². The largest absolute Gasteiger partial charge is 0.497 e. The van der Waals surface area contributed by atoms with E-state index in [9.17, 15) is 19.6 Å². The summed E-state index contributed by atoms with van der Waals surface area (Å²) in [5.74, 6) is -1.65. The second kappa shape index (κ2) is 23.8. The molecule has 2 aromatic heterocycles. The molecule has 6 rings (SSSR count). The molecule has 18 heteroatoms. The quantitative estimate of drug-likeness (QED) is 0.0392. The predicted octanol–water partition coefficient (Wildman–Crippen LogP) is 9.57. The van der Waals surface area contributed by atoms with Crippen molar-refractivity contribution < 1.29 is 42.4 Å². The number of benzene rings is 3. The summed E-state index contributed by atoms with van der Waals surface area (Å²) in [5, 5.41) is 17.6. The van der Waals surface area contributed by atoms with Gasteiger partial charge in [0.05, 0.1) is 51.4 Å². The van der Waals surface area contributed by atoms with Gasteiger partial charge in [0.15, 0.2) is 11.9 Å². The zero-order valence-corrected chi connectivity index (χ0v) is 43.2. The highest BCUT2D eigenvalue weighted by molar-refractivity contribution is 7.44. The van der Waals surface area contributed by atoms with Crippen molar-refractivity contribution in [3.05, 3.63) is 102 Å². The minimum Gasteiger partial charge on any atom is -0.497 e. The summed E-state index contributed by atoms with van der Waals surface area (Å²) in [6.45, 7) is 18.7. The lowest BCUT2D eigenvalue weighted by Crippen LogP contribution is -2.43. The van der Waals surface area contributed by atoms with E-state index in [4.69, 9.17) is 33.1 Å². The molecule has 374 valence electrons. The number of ether oxygens (including phenoxy) is 4. The molecule has 3 heterocycles. The first-order chi connectivity index (χ1) is 33.4. The third kappa shape index (κ3) is 12.0. The summed E-state index contributed by atoms with van der Waals surface area (Å²) in [7, 11) is 1.50. The minimum absolute atomic E-state index is 0.00285. The van der Waals surface area contributed by atoms with Gasteiger partial charge in [-0.3, -0.25) is 14.4 Å². The lowest BCUT2D eigenvalue weighted by Gasteiger charge is -2.39. The molecule has 1 saturated heterocycles. The molecule has 0 aliphatic carbocycles. The van der Waals surface area contributed by atoms with Gasteiger partial charge in [0.1, 0.15) is 29.0 Å². The molecule has 5 aromatic rings. The first kappa shape index (κ1) is 53.5. The number of hydrogen-bond acceptors (Lipinski definition) is 14. The van der Waals surface area contributed by atoms with Gasteiger partial charge in [-0.05, 0) is 68.7 Å². The predicted molar refractivity (Wildman–Crippen MR) is 268 cm³/mol. The second-order valence-electron chi connectivity index (χ2n) is 18.6. The Kier molecular flexibility index (Phi) is 18.2. The van der Waals surface area contributed by atoms with Crippen molar-refractivity contribution >= 4 is 49.0 Å². The number of methoxy groups -OCH3 is 2. The van der Waals surface area contributed by atoms with Crippen LogP contribution in [0.3, 0.4) is 0 Å². The molecule has 0 saturated carbocycles. The molecular formula is C52H67N8O9P. The van der Waals surface area contributed by atoms with Crippen molar-refractivity contribution in [2.75, 3.05) is 37.7 Å². The summed E-state index contributed by atoms with van der Waals surface area (Å²) in [6, 6.07) is 27.7. The standard InChI is InChI=1S/C52H67N8O9P/c1-32(2)48(61)54-46-42-30-58(57-47(42)56-51(55-46)59(49(62)33(3)4)50(63)34(5)6)45-29-43(69-70(67-28-16-27-53)60(35(7)8)36(9)10)44(68-45)31-66-52(37-17-14-13-15-18-37,38-19-23-40(64-11)24-20-38)39-21-25-41(65-12)26-22-39/h13-15,17-26,30,32-36,43-45H,16,28-29,31H2,1-12H3,(H,54,55,56,57,61)/t43-,44+,45+,70?/m0/s1. The van der Waals surface area contributed by atoms with Crippen LogP contribution in [0.1, 0.15) is 105 Å². The minimum atomic E-state index is -1.75. The van der Waals surface area contributed by atoms with Crippen molar-refractivity contribution in [1.29, 1.82) is 5.26 Å². The number of carbonyl (C=O) groups excluding carboxylic acids is 3. The Labute approximate surface area is 412 Å². The third-order valence-electron chi connectivity index (χ3n) is 11.8. The van der Waals surface area contributed by atoms with E-state index in [-0.39, 0.29) is 61.5 Å². The van der Waals surface area contributed by atoms with Gasteiger partial charge >= 0.3 is 0 Å². The maximum Gasteiger partial charge on any atom is 0.259 e. The van der Waals surface area contributed by atoms with Crippen molar-refractivity contribution in [2.45, 2.75) is 118 Å². The smallest absolute Gasteiger partial charge is 0.259 e. The fourth-order valence-electron chi connectivity index (χ4n) is 8.15. The number of amides is 3. The monoisotopic (exact) mass is 978 g/mol. The Morgan fingerprint density at radius 1 is 0.814 bits per heavy atom. The molecule has 3 aromatic carbocycles. The molecule has 17 nitrogen and oxygen atoms in total. The number of anilines is 2. The first-order valence-electron chi connectivity index (χ1n) is 23.8. The topological polar surface area (TPSA) is 192 Å². The number of carbonyl (C=O) groups is 3. The lowest BCUT2D eigenvalue weighted by atomic mass is 9.80. The van der Waals surface area contributed by atoms with Gasteiger partial charge in [-0.2, -0.15) is 15.2 Å². The van der Waals surface area contributed by atoms with E-state index in [2.05, 4.69) is 53.7 Å². The van der Waals surface area contributed by atoms with Crippen molar-refractivity contribution in [3.63, 3.8) is 0 Å². The zero-order chi connectivity index (χ0) is 50.9. The van der Waals surface area contributed by atoms with Crippen molar-refractivity contribution in [2.24, 2.45) is 17.8 Å². The summed E-state index contributed by atoms with van der Waals surface area (Å²) >= 11 is 0. The molecule has 1 fully saturated rings. The highest BCUT2D eigenvalue weighted by Crippen LogP contribution is 2.51. The van der Waals surface area contributed by atoms with Crippen LogP contribution in [0.4, 0.5) is 11.8 Å². The number of fused-ring (bicyclic) bond motifs is 1. The molecule has 0 spiro atoms. The van der Waals surface area contributed by atoms with Gasteiger partial charge in [0.25, 0.3) is 8.53 Å². The maximum atomic E-state index is 13.6. The number of nitriles is 1. The Balaban J connectivity index is 1.50. The average Bonchev–Trinajstić information content (AvgIpc) is 3.96. The van der Waals surface area contributed by atoms with Crippen molar-refractivity contribution in [3.8, 4) is 17.6 Å². The Morgan fingerprint density at radius 2 is 1.37 bits per heavy atom. The lowest BCUT2D eigenvalue weighted by molar-refractivity contribution is -0.130. The fraction of sp³-hybridized carbons (Fsp3) is 0.481. The Hall–Kier alpha value is -5.86. The molecule has 1 aliphatic heterocycles. The number of aromatic nitrogens is 4. The van der Waals surface area contributed by atoms with Gasteiger partial charge in [0, 0.05) is 42.5 Å². The molecule has 70 heavy (non-hydrogen) atoms. The van der Waals surface area contributed by atoms with E-state index in [0.717, 1.165) is 21.6 Å². The average molecular weight is 979 g/mol. The van der Waals surface area contributed by atoms with E-state index >= 15 is 0 Å². The zero-order valence-electron chi connectivity index (χ0n) is 42.3. The Bertz CT molecular complexity index is 2510. The number of imide groups is 1. The fourth-order valence-corrected chi connectivity index (χ4v) is 9.91. The van der Waals surface area contributed by atoms with E-state index in [1.54, 1.807) is 66.6 Å². The summed E-state index contributed by atoms with van der Waals surface area (Å²) in [4.78, 5) is 50.9. The molecule has 3 amide bonds. The second-order valence-corrected chi connectivity index (χ2v) is 20.0. The van der Waals surface area contributed by atoms with Crippen LogP contribution in [0.15, 0.2) is 85.1 Å². The van der Waals surface area contributed by atoms with Crippen LogP contribution in [-0.4, -0.2) is 93.9 Å². The van der Waals surface area contributed by atoms with E-state index in [1.165, 1.54) is 0 Å². The number of nitrogens with one attached hydrogen (secondary N) is 1. The molecule has 0 bridgehead atoms. The normalized spacial score (nSPS) is 16.7. The van der Waals surface area contributed by atoms with E-state index < -0.39 is 62.1 Å². The summed E-state index contributed by atoms with van der Waals surface area (Å²) in [5.41, 5.74) is 1.45. The first-order valence-corrected chi connectivity index (χ1v) is 24.9. The van der Waals surface area contributed by atoms with Crippen LogP contribution in [0.25, 0.3) is 11.0 Å². The molecule has 1 aliphatic rings. The Morgan fingerprint density at radius 3 is 1.87 bits per heavy atom. The highest BCUT2D eigenvalue weighted by Gasteiger charge is 2.45. The van der Waals surface area contributed by atoms with Crippen LogP contribution in [0, 0.1) is 29.1 Å². The van der Waals surface area contributed by atoms with Crippen molar-refractivity contribution in [1.82, 2.24) is 24.4 Å². The van der Waals surface area contributed by atoms with Gasteiger partial charge in [0.2, 0.25) is 23.7 Å². The van der Waals surface area contributed by atoms with Gasteiger partial charge in [-0.1, -0.05) is 96.1 Å². The van der Waals surface area contributed by atoms with Gasteiger partial charge in [-0.25, -0.2) is 14.3 Å². The third-order valence-corrected chi connectivity index (χ3v) is 13.9. The summed E-state index contributed by atoms with van der Waals surface area (Å²) < 4.78 is 42.8. The number of nitrogens with zero attached hydrogens (tertiary/aromatic N) is 7. The SMILES string of the molecule is COc1ccc(C(OC[C@H]2O[C@@H](n3cc4c(NC(=O)C(C)C)nc(N(C(=O)C(C)C)C(=O)C(C)C)nc4n3)C[C@@H]2OP(OCCC#N)N(C(C)C)C(C)C)(c2ccccc2)c2ccc(OC)cc2)cc1. The molecule has 1 unspecified atom stereocenters. The highest BCUT2D eigenvalue weighted by atomic mass is 31.2. The number of rotatable bonds is 22. The molecule has 0 radical (unpaired) electrons. The molecule has 1 N–H and O–H groups in total. The van der Waals surface area contributed by atoms with Crippen LogP contribution in [0.2, 0.25) is 0 Å². The van der Waals surface area contributed by atoms with Crippen LogP contribution in [0.5, 0.6) is 11.5 Å². The molecular weight excluding hydrogens is 912 g/mol. The van der Waals surface area contributed by atoms with Crippen LogP contribution >= 0.6 is 8.53 Å². The number of hydrogen-bond donors (Lipinski definition) is 1. The van der Waals surface area contributed by atoms with Gasteiger partial charge < -0.3 is 33.3 Å².